The van der Waals surface area contributed by atoms with Crippen LogP contribution in [0, 0.1) is 13.8 Å². The van der Waals surface area contributed by atoms with Crippen LogP contribution in [0.25, 0.3) is 0 Å². The Hall–Kier alpha value is -0.670. The lowest BCUT2D eigenvalue weighted by atomic mass is 9.88. The number of methoxy groups -OCH3 is 1. The van der Waals surface area contributed by atoms with Crippen molar-refractivity contribution in [3.05, 3.63) is 28.8 Å². The highest BCUT2D eigenvalue weighted by molar-refractivity contribution is 7.99. The van der Waals surface area contributed by atoms with E-state index in [4.69, 9.17) is 4.74 Å². The van der Waals surface area contributed by atoms with Gasteiger partial charge >= 0.3 is 0 Å². The Morgan fingerprint density at radius 1 is 1.38 bits per heavy atom. The SMILES string of the molecule is COc1cc(C)cc(C)c1C1(O)CCSC1. The summed E-state index contributed by atoms with van der Waals surface area (Å²) < 4.78 is 5.42. The van der Waals surface area contributed by atoms with E-state index in [-0.39, 0.29) is 0 Å². The van der Waals surface area contributed by atoms with Gasteiger partial charge < -0.3 is 9.84 Å². The Bertz CT molecular complexity index is 395. The molecule has 3 heteroatoms. The number of benzene rings is 1. The highest BCUT2D eigenvalue weighted by Crippen LogP contribution is 2.42. The van der Waals surface area contributed by atoms with Crippen molar-refractivity contribution in [2.24, 2.45) is 0 Å². The molecule has 1 aliphatic rings. The molecular formula is C13H18O2S. The fourth-order valence-corrected chi connectivity index (χ4v) is 3.69. The molecule has 88 valence electrons. The summed E-state index contributed by atoms with van der Waals surface area (Å²) in [5, 5.41) is 10.6. The van der Waals surface area contributed by atoms with Gasteiger partial charge in [0.05, 0.1) is 7.11 Å². The van der Waals surface area contributed by atoms with Crippen molar-refractivity contribution in [3.8, 4) is 5.75 Å². The molecule has 0 aliphatic carbocycles. The smallest absolute Gasteiger partial charge is 0.125 e. The molecule has 0 radical (unpaired) electrons. The molecule has 0 amide bonds. The van der Waals surface area contributed by atoms with Crippen LogP contribution >= 0.6 is 11.8 Å². The fourth-order valence-electron chi connectivity index (χ4n) is 2.44. The van der Waals surface area contributed by atoms with E-state index < -0.39 is 5.60 Å². The first kappa shape index (κ1) is 11.8. The van der Waals surface area contributed by atoms with Gasteiger partial charge in [-0.1, -0.05) is 6.07 Å². The van der Waals surface area contributed by atoms with Crippen molar-refractivity contribution >= 4 is 11.8 Å². The summed E-state index contributed by atoms with van der Waals surface area (Å²) in [6.07, 6.45) is 0.817. The lowest BCUT2D eigenvalue weighted by molar-refractivity contribution is 0.0623. The van der Waals surface area contributed by atoms with Gasteiger partial charge in [-0.25, -0.2) is 0 Å². The molecule has 1 fully saturated rings. The predicted octanol–water partition coefficient (Wildman–Crippen LogP) is 2.64. The van der Waals surface area contributed by atoms with Crippen molar-refractivity contribution < 1.29 is 9.84 Å². The number of rotatable bonds is 2. The predicted molar refractivity (Wildman–Crippen MR) is 68.3 cm³/mol. The van der Waals surface area contributed by atoms with Crippen LogP contribution in [0.4, 0.5) is 0 Å². The molecule has 0 spiro atoms. The van der Waals surface area contributed by atoms with Crippen LogP contribution in [0.2, 0.25) is 0 Å². The van der Waals surface area contributed by atoms with Gasteiger partial charge in [0.25, 0.3) is 0 Å². The third-order valence-corrected chi connectivity index (χ3v) is 4.30. The minimum absolute atomic E-state index is 0.701. The van der Waals surface area contributed by atoms with Crippen LogP contribution in [0.15, 0.2) is 12.1 Å². The van der Waals surface area contributed by atoms with Gasteiger partial charge in [0.15, 0.2) is 0 Å². The van der Waals surface area contributed by atoms with E-state index in [9.17, 15) is 5.11 Å². The van der Waals surface area contributed by atoms with Crippen LogP contribution in [0.5, 0.6) is 5.75 Å². The molecule has 1 saturated heterocycles. The van der Waals surface area contributed by atoms with Crippen molar-refractivity contribution in [2.75, 3.05) is 18.6 Å². The van der Waals surface area contributed by atoms with E-state index in [1.807, 2.05) is 19.9 Å². The van der Waals surface area contributed by atoms with E-state index in [1.54, 1.807) is 18.9 Å². The van der Waals surface area contributed by atoms with Gasteiger partial charge in [-0.05, 0) is 43.2 Å². The quantitative estimate of drug-likeness (QED) is 0.859. The van der Waals surface area contributed by atoms with Crippen LogP contribution in [-0.4, -0.2) is 23.7 Å². The number of aliphatic hydroxyl groups is 1. The van der Waals surface area contributed by atoms with Gasteiger partial charge in [-0.15, -0.1) is 0 Å². The van der Waals surface area contributed by atoms with Crippen LogP contribution < -0.4 is 4.74 Å². The number of thioether (sulfide) groups is 1. The second-order valence-corrected chi connectivity index (χ2v) is 5.60. The van der Waals surface area contributed by atoms with Gasteiger partial charge in [0.1, 0.15) is 11.4 Å². The summed E-state index contributed by atoms with van der Waals surface area (Å²) in [5.41, 5.74) is 2.58. The summed E-state index contributed by atoms with van der Waals surface area (Å²) in [5.74, 6) is 2.61. The normalized spacial score (nSPS) is 24.8. The van der Waals surface area contributed by atoms with Gasteiger partial charge in [-0.2, -0.15) is 11.8 Å². The summed E-state index contributed by atoms with van der Waals surface area (Å²) in [4.78, 5) is 0. The lowest BCUT2D eigenvalue weighted by Gasteiger charge is -2.26. The Balaban J connectivity index is 2.54. The van der Waals surface area contributed by atoms with E-state index in [0.29, 0.717) is 0 Å². The third kappa shape index (κ3) is 1.94. The molecule has 1 atom stereocenters. The molecule has 1 aromatic carbocycles. The van der Waals surface area contributed by atoms with Crippen LogP contribution in [0.1, 0.15) is 23.1 Å². The Labute approximate surface area is 101 Å². The molecule has 0 bridgehead atoms. The second kappa shape index (κ2) is 4.30. The lowest BCUT2D eigenvalue weighted by Crippen LogP contribution is -2.26. The molecule has 1 heterocycles. The molecule has 2 rings (SSSR count). The number of hydrogen-bond acceptors (Lipinski definition) is 3. The molecule has 1 aliphatic heterocycles. The van der Waals surface area contributed by atoms with Gasteiger partial charge in [0, 0.05) is 11.3 Å². The number of aryl methyl sites for hydroxylation is 2. The highest BCUT2D eigenvalue weighted by Gasteiger charge is 2.37. The molecule has 1 N–H and O–H groups in total. The van der Waals surface area contributed by atoms with Crippen molar-refractivity contribution in [1.29, 1.82) is 0 Å². The molecular weight excluding hydrogens is 220 g/mol. The molecule has 1 unspecified atom stereocenters. The van der Waals surface area contributed by atoms with E-state index in [2.05, 4.69) is 6.07 Å². The van der Waals surface area contributed by atoms with E-state index in [0.717, 1.165) is 34.8 Å². The first-order valence-electron chi connectivity index (χ1n) is 5.53. The van der Waals surface area contributed by atoms with Crippen molar-refractivity contribution in [2.45, 2.75) is 25.9 Å². The minimum atomic E-state index is -0.701. The minimum Gasteiger partial charge on any atom is -0.496 e. The Morgan fingerprint density at radius 2 is 2.12 bits per heavy atom. The van der Waals surface area contributed by atoms with Gasteiger partial charge in [0.2, 0.25) is 0 Å². The summed E-state index contributed by atoms with van der Waals surface area (Å²) in [6.45, 7) is 4.10. The first-order chi connectivity index (χ1) is 7.57. The van der Waals surface area contributed by atoms with Crippen LogP contribution in [0.3, 0.4) is 0 Å². The summed E-state index contributed by atoms with van der Waals surface area (Å²) in [6, 6.07) is 4.11. The van der Waals surface area contributed by atoms with Crippen molar-refractivity contribution in [3.63, 3.8) is 0 Å². The topological polar surface area (TPSA) is 29.5 Å². The maximum atomic E-state index is 10.6. The maximum Gasteiger partial charge on any atom is 0.125 e. The Morgan fingerprint density at radius 3 is 2.69 bits per heavy atom. The second-order valence-electron chi connectivity index (χ2n) is 4.49. The third-order valence-electron chi connectivity index (χ3n) is 3.13. The average molecular weight is 238 g/mol. The number of ether oxygens (including phenoxy) is 1. The summed E-state index contributed by atoms with van der Waals surface area (Å²) >= 11 is 1.80. The van der Waals surface area contributed by atoms with Gasteiger partial charge in [-0.3, -0.25) is 0 Å². The molecule has 2 nitrogen and oxygen atoms in total. The molecule has 0 saturated carbocycles. The molecule has 16 heavy (non-hydrogen) atoms. The number of hydrogen-bond donors (Lipinski definition) is 1. The fraction of sp³-hybridized carbons (Fsp3) is 0.538. The average Bonchev–Trinajstić information content (AvgIpc) is 2.64. The highest BCUT2D eigenvalue weighted by atomic mass is 32.2. The first-order valence-corrected chi connectivity index (χ1v) is 6.68. The van der Waals surface area contributed by atoms with E-state index in [1.165, 1.54) is 5.56 Å². The standard InChI is InChI=1S/C13H18O2S/c1-9-6-10(2)12(11(7-9)15-3)13(14)4-5-16-8-13/h6-7,14H,4-5,8H2,1-3H3. The zero-order chi connectivity index (χ0) is 11.8. The zero-order valence-corrected chi connectivity index (χ0v) is 10.9. The molecule has 1 aromatic rings. The Kier molecular flexibility index (Phi) is 3.17. The monoisotopic (exact) mass is 238 g/mol. The zero-order valence-electron chi connectivity index (χ0n) is 10.0. The maximum absolute atomic E-state index is 10.6. The van der Waals surface area contributed by atoms with Crippen molar-refractivity contribution in [1.82, 2.24) is 0 Å². The summed E-state index contributed by atoms with van der Waals surface area (Å²) in [7, 11) is 1.67. The largest absolute Gasteiger partial charge is 0.496 e. The van der Waals surface area contributed by atoms with Crippen LogP contribution in [-0.2, 0) is 5.60 Å². The molecule has 0 aromatic heterocycles. The van der Waals surface area contributed by atoms with E-state index >= 15 is 0 Å².